The molecule has 1 aromatic carbocycles. The molecule has 0 aliphatic carbocycles. The van der Waals surface area contributed by atoms with E-state index < -0.39 is 36.3 Å². The molecule has 15 nitrogen and oxygen atoms in total. The Morgan fingerprint density at radius 1 is 0.921 bits per heavy atom. The number of carbonyl (C=O) groups excluding carboxylic acids is 4. The van der Waals surface area contributed by atoms with Gasteiger partial charge in [0.05, 0.1) is 69.8 Å². The number of benzene rings is 1. The molecule has 1 aromatic rings. The number of esters is 1. The Hall–Kier alpha value is -3.04. The minimum Gasteiger partial charge on any atom is -0.462 e. The maximum atomic E-state index is 14.4. The van der Waals surface area contributed by atoms with Gasteiger partial charge in [0.25, 0.3) is 0 Å². The van der Waals surface area contributed by atoms with E-state index in [2.05, 4.69) is 40.2 Å². The van der Waals surface area contributed by atoms with Gasteiger partial charge in [-0.3, -0.25) is 24.3 Å². The third kappa shape index (κ3) is 16.1. The van der Waals surface area contributed by atoms with Crippen molar-refractivity contribution in [1.82, 2.24) is 20.0 Å². The first-order valence-electron chi connectivity index (χ1n) is 22.9. The van der Waals surface area contributed by atoms with Gasteiger partial charge in [-0.2, -0.15) is 0 Å². The van der Waals surface area contributed by atoms with Crippen molar-refractivity contribution in [2.75, 3.05) is 88.2 Å². The SMILES string of the molecule is CC[C@H](C)[C@@H]([C@@H](CC(=O)N1CCC[C@H]1[C@H](OC)[C@@H](C)C(P)=N[C@@H](Cc1ccccc1)C(=O)OCCOCCOCCOC)OC)N(C)C(=O)[C@@H](NC(=O)[C@@H]1C(C)CCN1C)C(C)C. The van der Waals surface area contributed by atoms with Crippen LogP contribution in [-0.2, 0) is 54.0 Å². The minimum absolute atomic E-state index is 0.00732. The molecular formula is C47H80N5O10P. The summed E-state index contributed by atoms with van der Waals surface area (Å²) in [6.07, 6.45) is 2.59. The molecule has 2 unspecified atom stereocenters. The van der Waals surface area contributed by atoms with Crippen molar-refractivity contribution in [3.05, 3.63) is 35.9 Å². The van der Waals surface area contributed by atoms with Crippen LogP contribution in [0.25, 0.3) is 0 Å². The second-order valence-corrected chi connectivity index (χ2v) is 18.2. The van der Waals surface area contributed by atoms with Gasteiger partial charge in [-0.1, -0.05) is 87.5 Å². The zero-order chi connectivity index (χ0) is 46.6. The normalized spacial score (nSPS) is 21.7. The number of carbonyl (C=O) groups is 4. The molecule has 11 atom stereocenters. The van der Waals surface area contributed by atoms with Crippen LogP contribution in [0.2, 0.25) is 0 Å². The van der Waals surface area contributed by atoms with Gasteiger partial charge in [0.1, 0.15) is 12.6 Å². The van der Waals surface area contributed by atoms with E-state index in [1.807, 2.05) is 63.1 Å². The highest BCUT2D eigenvalue weighted by molar-refractivity contribution is 7.40. The molecule has 2 saturated heterocycles. The standard InChI is InChI=1S/C47H80N5O10P/c1-12-32(4)41(51(8)46(55)40(31(2)3)49-44(54)42-33(5)20-22-50(42)7)38(58-10)30-39(53)52-21-16-19-37(52)43(59-11)34(6)45(63)48-36(29-35-17-14-13-15-18-35)47(56)62-28-27-61-26-25-60-24-23-57-9/h13-15,17-18,31-34,36-38,40-43H,12,16,19-30,63H2,1-11H3,(H,49,54)/t32-,33?,34+,36-,37-,38+,40-,41-,42-,43+/m0/s1. The van der Waals surface area contributed by atoms with Crippen LogP contribution in [0.5, 0.6) is 0 Å². The first-order valence-corrected chi connectivity index (χ1v) is 23.5. The summed E-state index contributed by atoms with van der Waals surface area (Å²) in [5, 5.41) is 3.10. The van der Waals surface area contributed by atoms with Crippen molar-refractivity contribution >= 4 is 38.4 Å². The first-order chi connectivity index (χ1) is 30.1. The topological polar surface area (TPSA) is 158 Å². The second-order valence-electron chi connectivity index (χ2n) is 17.7. The zero-order valence-corrected chi connectivity index (χ0v) is 41.2. The van der Waals surface area contributed by atoms with Crippen LogP contribution in [0, 0.1) is 23.7 Å². The van der Waals surface area contributed by atoms with Crippen molar-refractivity contribution in [1.29, 1.82) is 0 Å². The lowest BCUT2D eigenvalue weighted by molar-refractivity contribution is -0.147. The van der Waals surface area contributed by atoms with E-state index in [0.29, 0.717) is 44.8 Å². The fourth-order valence-electron chi connectivity index (χ4n) is 8.97. The number of likely N-dealkylation sites (N-methyl/N-ethyl adjacent to an activating group) is 2. The van der Waals surface area contributed by atoms with Crippen LogP contribution >= 0.6 is 9.24 Å². The van der Waals surface area contributed by atoms with Crippen molar-refractivity contribution < 1.29 is 47.6 Å². The number of likely N-dealkylation sites (tertiary alicyclic amines) is 2. The van der Waals surface area contributed by atoms with Gasteiger partial charge >= 0.3 is 5.97 Å². The summed E-state index contributed by atoms with van der Waals surface area (Å²) >= 11 is 0. The molecule has 2 fully saturated rings. The molecule has 2 aliphatic rings. The third-order valence-electron chi connectivity index (χ3n) is 12.9. The number of aliphatic imine (C=N–C) groups is 1. The molecule has 358 valence electrons. The molecule has 2 heterocycles. The smallest absolute Gasteiger partial charge is 0.331 e. The summed E-state index contributed by atoms with van der Waals surface area (Å²) < 4.78 is 33.9. The highest BCUT2D eigenvalue weighted by atomic mass is 31.0. The summed E-state index contributed by atoms with van der Waals surface area (Å²) in [6.45, 7) is 15.6. The zero-order valence-electron chi connectivity index (χ0n) is 40.1. The van der Waals surface area contributed by atoms with E-state index in [0.717, 1.165) is 37.8 Å². The average Bonchev–Trinajstić information content (AvgIpc) is 3.89. The van der Waals surface area contributed by atoms with E-state index in [-0.39, 0.29) is 73.1 Å². The molecule has 0 radical (unpaired) electrons. The summed E-state index contributed by atoms with van der Waals surface area (Å²) in [5.41, 5.74) is 1.58. The van der Waals surface area contributed by atoms with Gasteiger partial charge < -0.3 is 43.5 Å². The molecule has 3 rings (SSSR count). The highest BCUT2D eigenvalue weighted by Crippen LogP contribution is 2.31. The van der Waals surface area contributed by atoms with Crippen molar-refractivity contribution in [2.45, 2.75) is 122 Å². The Morgan fingerprint density at radius 2 is 1.57 bits per heavy atom. The molecule has 0 bridgehead atoms. The largest absolute Gasteiger partial charge is 0.462 e. The monoisotopic (exact) mass is 906 g/mol. The molecule has 0 saturated carbocycles. The number of hydrogen-bond donors (Lipinski definition) is 1. The fraction of sp³-hybridized carbons (Fsp3) is 0.766. The number of methoxy groups -OCH3 is 3. The van der Waals surface area contributed by atoms with Gasteiger partial charge in [-0.05, 0) is 56.2 Å². The van der Waals surface area contributed by atoms with Crippen LogP contribution in [0.1, 0.15) is 79.2 Å². The number of ether oxygens (including phenoxy) is 6. The van der Waals surface area contributed by atoms with E-state index in [9.17, 15) is 19.2 Å². The summed E-state index contributed by atoms with van der Waals surface area (Å²) in [6, 6.07) is 7.17. The van der Waals surface area contributed by atoms with Gasteiger partial charge in [0, 0.05) is 52.7 Å². The summed E-state index contributed by atoms with van der Waals surface area (Å²) in [7, 11) is 11.3. The lowest BCUT2D eigenvalue weighted by atomic mass is 9.89. The van der Waals surface area contributed by atoms with Crippen LogP contribution in [0.3, 0.4) is 0 Å². The average molecular weight is 906 g/mol. The Bertz CT molecular complexity index is 1560. The van der Waals surface area contributed by atoms with Gasteiger partial charge in [-0.15, -0.1) is 0 Å². The highest BCUT2D eigenvalue weighted by Gasteiger charge is 2.43. The van der Waals surface area contributed by atoms with Gasteiger partial charge in [0.2, 0.25) is 17.7 Å². The maximum Gasteiger partial charge on any atom is 0.331 e. The molecule has 3 amide bonds. The van der Waals surface area contributed by atoms with Crippen LogP contribution in [0.15, 0.2) is 35.3 Å². The maximum absolute atomic E-state index is 14.4. The predicted molar refractivity (Wildman–Crippen MR) is 249 cm³/mol. The minimum atomic E-state index is -0.811. The van der Waals surface area contributed by atoms with Crippen molar-refractivity contribution in [3.63, 3.8) is 0 Å². The summed E-state index contributed by atoms with van der Waals surface area (Å²) in [4.78, 5) is 66.4. The molecule has 0 spiro atoms. The number of amides is 3. The number of nitrogens with zero attached hydrogens (tertiary/aromatic N) is 4. The van der Waals surface area contributed by atoms with Crippen LogP contribution < -0.4 is 5.32 Å². The Balaban J connectivity index is 1.75. The Labute approximate surface area is 380 Å². The molecule has 2 aliphatic heterocycles. The molecule has 63 heavy (non-hydrogen) atoms. The van der Waals surface area contributed by atoms with Crippen molar-refractivity contribution in [2.24, 2.45) is 28.7 Å². The van der Waals surface area contributed by atoms with E-state index >= 15 is 0 Å². The van der Waals surface area contributed by atoms with E-state index in [4.69, 9.17) is 33.4 Å². The van der Waals surface area contributed by atoms with E-state index in [1.54, 1.807) is 33.3 Å². The number of nitrogens with one attached hydrogen (secondary N) is 1. The predicted octanol–water partition coefficient (Wildman–Crippen LogP) is 4.50. The lowest BCUT2D eigenvalue weighted by Crippen LogP contribution is -2.59. The molecular weight excluding hydrogens is 826 g/mol. The lowest BCUT2D eigenvalue weighted by Gasteiger charge is -2.41. The number of rotatable bonds is 28. The third-order valence-corrected chi connectivity index (χ3v) is 13.6. The second kappa shape index (κ2) is 28.1. The fourth-order valence-corrected chi connectivity index (χ4v) is 9.34. The van der Waals surface area contributed by atoms with Gasteiger partial charge in [-0.25, -0.2) is 4.79 Å². The first kappa shape index (κ1) is 54.3. The van der Waals surface area contributed by atoms with Crippen LogP contribution in [-0.4, -0.2) is 174 Å². The quantitative estimate of drug-likeness (QED) is 0.0547. The number of hydrogen-bond acceptors (Lipinski definition) is 12. The molecule has 0 aromatic heterocycles. The van der Waals surface area contributed by atoms with Gasteiger partial charge in [0.15, 0.2) is 6.04 Å². The van der Waals surface area contributed by atoms with Crippen molar-refractivity contribution in [3.8, 4) is 0 Å². The molecule has 1 N–H and O–H groups in total. The Morgan fingerprint density at radius 3 is 2.14 bits per heavy atom. The molecule has 16 heteroatoms. The summed E-state index contributed by atoms with van der Waals surface area (Å²) in [5.74, 6) is -1.13. The van der Waals surface area contributed by atoms with Crippen LogP contribution in [0.4, 0.5) is 0 Å². The van der Waals surface area contributed by atoms with E-state index in [1.165, 1.54) is 0 Å². The Kier molecular flexibility index (Phi) is 24.2.